The number of carbonyl (C=O) groups is 1. The molecule has 1 amide bonds. The van der Waals surface area contributed by atoms with Gasteiger partial charge in [-0.05, 0) is 24.6 Å². The third-order valence-electron chi connectivity index (χ3n) is 2.66. The molecule has 0 aliphatic rings. The number of hydrogen-bond donors (Lipinski definition) is 2. The predicted molar refractivity (Wildman–Crippen MR) is 77.3 cm³/mol. The smallest absolute Gasteiger partial charge is 0.255 e. The summed E-state index contributed by atoms with van der Waals surface area (Å²) in [6.07, 6.45) is 0. The molecular weight excluding hydrogens is 268 g/mol. The second kappa shape index (κ2) is 8.61. The molecule has 0 saturated carbocycles. The lowest BCUT2D eigenvalue weighted by Crippen LogP contribution is -2.31. The SMILES string of the molecule is COc1cccc(C(=O)NCC(C)CN)c1OC.Cl. The highest BCUT2D eigenvalue weighted by atomic mass is 35.5. The number of nitrogens with one attached hydrogen (secondary N) is 1. The highest BCUT2D eigenvalue weighted by molar-refractivity contribution is 5.97. The Morgan fingerprint density at radius 3 is 2.58 bits per heavy atom. The molecule has 0 aromatic heterocycles. The number of methoxy groups -OCH3 is 2. The second-order valence-electron chi connectivity index (χ2n) is 4.09. The molecule has 1 aromatic carbocycles. The van der Waals surface area contributed by atoms with E-state index in [0.717, 1.165) is 0 Å². The summed E-state index contributed by atoms with van der Waals surface area (Å²) >= 11 is 0. The fourth-order valence-corrected chi connectivity index (χ4v) is 1.51. The Kier molecular flexibility index (Phi) is 7.95. The summed E-state index contributed by atoms with van der Waals surface area (Å²) in [6, 6.07) is 5.20. The third kappa shape index (κ3) is 4.61. The van der Waals surface area contributed by atoms with Crippen molar-refractivity contribution in [3.8, 4) is 11.5 Å². The minimum absolute atomic E-state index is 0. The number of carbonyl (C=O) groups excluding carboxylic acids is 1. The van der Waals surface area contributed by atoms with Crippen molar-refractivity contribution in [3.05, 3.63) is 23.8 Å². The summed E-state index contributed by atoms with van der Waals surface area (Å²) in [5.74, 6) is 1.03. The number of amides is 1. The van der Waals surface area contributed by atoms with Crippen LogP contribution in [0.2, 0.25) is 0 Å². The molecule has 0 radical (unpaired) electrons. The Morgan fingerprint density at radius 1 is 1.37 bits per heavy atom. The molecule has 0 heterocycles. The first-order chi connectivity index (χ1) is 8.63. The Morgan fingerprint density at radius 2 is 2.05 bits per heavy atom. The van der Waals surface area contributed by atoms with Crippen molar-refractivity contribution >= 4 is 18.3 Å². The molecule has 6 heteroatoms. The topological polar surface area (TPSA) is 73.6 Å². The Balaban J connectivity index is 0.00000324. The summed E-state index contributed by atoms with van der Waals surface area (Å²) in [6.45, 7) is 3.05. The van der Waals surface area contributed by atoms with E-state index < -0.39 is 0 Å². The predicted octanol–water partition coefficient (Wildman–Crippen LogP) is 1.45. The molecule has 5 nitrogen and oxygen atoms in total. The number of hydrogen-bond acceptors (Lipinski definition) is 4. The van der Waals surface area contributed by atoms with Crippen molar-refractivity contribution in [1.29, 1.82) is 0 Å². The molecular formula is C13H21ClN2O3. The fourth-order valence-electron chi connectivity index (χ4n) is 1.51. The summed E-state index contributed by atoms with van der Waals surface area (Å²) in [5, 5.41) is 2.82. The first-order valence-electron chi connectivity index (χ1n) is 5.83. The minimum atomic E-state index is -0.189. The van der Waals surface area contributed by atoms with Crippen molar-refractivity contribution in [2.45, 2.75) is 6.92 Å². The van der Waals surface area contributed by atoms with Crippen LogP contribution < -0.4 is 20.5 Å². The van der Waals surface area contributed by atoms with E-state index in [0.29, 0.717) is 30.2 Å². The monoisotopic (exact) mass is 288 g/mol. The standard InChI is InChI=1S/C13H20N2O3.ClH/c1-9(7-14)8-15-13(16)10-5-4-6-11(17-2)12(10)18-3;/h4-6,9H,7-8,14H2,1-3H3,(H,15,16);1H. The van der Waals surface area contributed by atoms with Crippen LogP contribution in [0, 0.1) is 5.92 Å². The van der Waals surface area contributed by atoms with E-state index in [9.17, 15) is 4.79 Å². The highest BCUT2D eigenvalue weighted by Crippen LogP contribution is 2.30. The number of halogens is 1. The molecule has 0 saturated heterocycles. The zero-order chi connectivity index (χ0) is 13.5. The van der Waals surface area contributed by atoms with Gasteiger partial charge in [-0.15, -0.1) is 12.4 Å². The van der Waals surface area contributed by atoms with E-state index in [-0.39, 0.29) is 24.2 Å². The van der Waals surface area contributed by atoms with Gasteiger partial charge in [0.2, 0.25) is 0 Å². The van der Waals surface area contributed by atoms with Crippen LogP contribution in [-0.4, -0.2) is 33.2 Å². The molecule has 1 atom stereocenters. The van der Waals surface area contributed by atoms with Crippen LogP contribution in [0.4, 0.5) is 0 Å². The lowest BCUT2D eigenvalue weighted by molar-refractivity contribution is 0.0945. The maximum atomic E-state index is 12.0. The van der Waals surface area contributed by atoms with Crippen LogP contribution in [0.15, 0.2) is 18.2 Å². The van der Waals surface area contributed by atoms with E-state index in [4.69, 9.17) is 15.2 Å². The molecule has 19 heavy (non-hydrogen) atoms. The summed E-state index contributed by atoms with van der Waals surface area (Å²) in [5.41, 5.74) is 5.96. The number of rotatable bonds is 6. The zero-order valence-corrected chi connectivity index (χ0v) is 12.3. The van der Waals surface area contributed by atoms with Gasteiger partial charge in [0.1, 0.15) is 0 Å². The van der Waals surface area contributed by atoms with E-state index in [1.807, 2.05) is 6.92 Å². The molecule has 1 unspecified atom stereocenters. The van der Waals surface area contributed by atoms with Gasteiger partial charge in [0.25, 0.3) is 5.91 Å². The number of benzene rings is 1. The van der Waals surface area contributed by atoms with Gasteiger partial charge < -0.3 is 20.5 Å². The van der Waals surface area contributed by atoms with Crippen molar-refractivity contribution in [2.75, 3.05) is 27.3 Å². The maximum absolute atomic E-state index is 12.0. The van der Waals surface area contributed by atoms with Gasteiger partial charge >= 0.3 is 0 Å². The quantitative estimate of drug-likeness (QED) is 0.831. The third-order valence-corrected chi connectivity index (χ3v) is 2.66. The molecule has 0 fully saturated rings. The lowest BCUT2D eigenvalue weighted by atomic mass is 10.1. The molecule has 0 bridgehead atoms. The first-order valence-corrected chi connectivity index (χ1v) is 5.83. The van der Waals surface area contributed by atoms with Crippen LogP contribution in [0.5, 0.6) is 11.5 Å². The Labute approximate surface area is 119 Å². The second-order valence-corrected chi connectivity index (χ2v) is 4.09. The van der Waals surface area contributed by atoms with E-state index in [1.54, 1.807) is 18.2 Å². The van der Waals surface area contributed by atoms with Gasteiger partial charge in [-0.25, -0.2) is 0 Å². The summed E-state index contributed by atoms with van der Waals surface area (Å²) in [7, 11) is 3.05. The van der Waals surface area contributed by atoms with Gasteiger partial charge in [0.05, 0.1) is 19.8 Å². The van der Waals surface area contributed by atoms with Crippen LogP contribution in [0.3, 0.4) is 0 Å². The first kappa shape index (κ1) is 17.5. The summed E-state index contributed by atoms with van der Waals surface area (Å²) < 4.78 is 10.4. The summed E-state index contributed by atoms with van der Waals surface area (Å²) in [4.78, 5) is 12.0. The Hall–Kier alpha value is -1.46. The van der Waals surface area contributed by atoms with Gasteiger partial charge in [-0.1, -0.05) is 13.0 Å². The molecule has 0 aliphatic heterocycles. The van der Waals surface area contributed by atoms with E-state index >= 15 is 0 Å². The van der Waals surface area contributed by atoms with Crippen molar-refractivity contribution < 1.29 is 14.3 Å². The van der Waals surface area contributed by atoms with Crippen molar-refractivity contribution in [2.24, 2.45) is 11.7 Å². The average molecular weight is 289 g/mol. The number of para-hydroxylation sites is 1. The van der Waals surface area contributed by atoms with Gasteiger partial charge in [-0.3, -0.25) is 4.79 Å². The fraction of sp³-hybridized carbons (Fsp3) is 0.462. The molecule has 1 rings (SSSR count). The lowest BCUT2D eigenvalue weighted by Gasteiger charge is -2.14. The highest BCUT2D eigenvalue weighted by Gasteiger charge is 2.16. The van der Waals surface area contributed by atoms with Crippen molar-refractivity contribution in [1.82, 2.24) is 5.32 Å². The van der Waals surface area contributed by atoms with E-state index in [1.165, 1.54) is 14.2 Å². The van der Waals surface area contributed by atoms with Gasteiger partial charge in [0, 0.05) is 6.54 Å². The van der Waals surface area contributed by atoms with Gasteiger partial charge in [-0.2, -0.15) is 0 Å². The molecule has 0 aliphatic carbocycles. The van der Waals surface area contributed by atoms with Crippen LogP contribution >= 0.6 is 12.4 Å². The number of nitrogens with two attached hydrogens (primary N) is 1. The van der Waals surface area contributed by atoms with Crippen LogP contribution in [0.25, 0.3) is 0 Å². The van der Waals surface area contributed by atoms with Crippen LogP contribution in [-0.2, 0) is 0 Å². The maximum Gasteiger partial charge on any atom is 0.255 e. The zero-order valence-electron chi connectivity index (χ0n) is 11.4. The molecule has 108 valence electrons. The van der Waals surface area contributed by atoms with Gasteiger partial charge in [0.15, 0.2) is 11.5 Å². The normalized spacial score (nSPS) is 11.2. The number of ether oxygens (including phenoxy) is 2. The van der Waals surface area contributed by atoms with Crippen molar-refractivity contribution in [3.63, 3.8) is 0 Å². The Bertz CT molecular complexity index is 413. The molecule has 3 N–H and O–H groups in total. The molecule has 0 spiro atoms. The van der Waals surface area contributed by atoms with E-state index in [2.05, 4.69) is 5.32 Å². The molecule has 1 aromatic rings. The largest absolute Gasteiger partial charge is 0.493 e. The van der Waals surface area contributed by atoms with Crippen LogP contribution in [0.1, 0.15) is 17.3 Å². The average Bonchev–Trinajstić information content (AvgIpc) is 2.42. The minimum Gasteiger partial charge on any atom is -0.493 e.